The lowest BCUT2D eigenvalue weighted by Gasteiger charge is -2.26. The van der Waals surface area contributed by atoms with Gasteiger partial charge in [-0.3, -0.25) is 19.2 Å². The molecule has 1 unspecified atom stereocenters. The van der Waals surface area contributed by atoms with Crippen molar-refractivity contribution in [3.05, 3.63) is 83.9 Å². The van der Waals surface area contributed by atoms with Crippen molar-refractivity contribution in [3.8, 4) is 11.5 Å². The number of carbonyl (C=O) groups excluding carboxylic acids is 4. The lowest BCUT2D eigenvalue weighted by molar-refractivity contribution is -0.135. The fourth-order valence-corrected chi connectivity index (χ4v) is 9.08. The lowest BCUT2D eigenvalue weighted by atomic mass is 9.77. The van der Waals surface area contributed by atoms with Crippen molar-refractivity contribution in [2.45, 2.75) is 103 Å². The third-order valence-electron chi connectivity index (χ3n) is 11.7. The Morgan fingerprint density at radius 2 is 0.911 bits per heavy atom. The molecule has 0 radical (unpaired) electrons. The monoisotopic (exact) mass is 764 g/mol. The van der Waals surface area contributed by atoms with Gasteiger partial charge in [0.1, 0.15) is 11.5 Å². The second-order valence-corrected chi connectivity index (χ2v) is 16.2. The highest BCUT2D eigenvalue weighted by Crippen LogP contribution is 2.44. The second kappa shape index (κ2) is 18.4. The number of ether oxygens (including phenoxy) is 2. The zero-order valence-corrected chi connectivity index (χ0v) is 33.0. The van der Waals surface area contributed by atoms with E-state index in [1.54, 1.807) is 12.1 Å². The number of nitrogens with one attached hydrogen (secondary N) is 2. The Hall–Kier alpha value is -4.80. The highest BCUT2D eigenvalue weighted by atomic mass is 16.5. The number of unbranched alkanes of at least 4 members (excludes halogenated alkanes) is 5. The van der Waals surface area contributed by atoms with Crippen molar-refractivity contribution >= 4 is 45.3 Å². The van der Waals surface area contributed by atoms with Crippen LogP contribution < -0.4 is 20.1 Å². The maximum absolute atomic E-state index is 12.9. The first-order chi connectivity index (χ1) is 27.0. The number of esters is 2. The summed E-state index contributed by atoms with van der Waals surface area (Å²) >= 11 is 0. The van der Waals surface area contributed by atoms with E-state index >= 15 is 0 Å². The highest BCUT2D eigenvalue weighted by Gasteiger charge is 2.46. The van der Waals surface area contributed by atoms with Crippen LogP contribution in [0.5, 0.6) is 11.5 Å². The molecular weight excluding hydrogens is 709 g/mol. The van der Waals surface area contributed by atoms with Crippen LogP contribution in [0.25, 0.3) is 21.5 Å². The molecule has 2 saturated heterocycles. The van der Waals surface area contributed by atoms with Crippen molar-refractivity contribution in [1.29, 1.82) is 0 Å². The summed E-state index contributed by atoms with van der Waals surface area (Å²) in [5.41, 5.74) is 1.92. The van der Waals surface area contributed by atoms with E-state index in [0.717, 1.165) is 58.4 Å². The normalized spacial score (nSPS) is 22.2. The van der Waals surface area contributed by atoms with Gasteiger partial charge in [-0.05, 0) is 58.7 Å². The summed E-state index contributed by atoms with van der Waals surface area (Å²) in [5, 5.41) is 29.5. The van der Waals surface area contributed by atoms with Crippen molar-refractivity contribution in [2.24, 2.45) is 23.7 Å². The molecule has 2 aliphatic rings. The quantitative estimate of drug-likeness (QED) is 0.0497. The van der Waals surface area contributed by atoms with Crippen LogP contribution in [0, 0.1) is 23.7 Å². The van der Waals surface area contributed by atoms with E-state index in [9.17, 15) is 29.4 Å². The molecule has 10 nitrogen and oxygen atoms in total. The van der Waals surface area contributed by atoms with Crippen LogP contribution in [0.4, 0.5) is 0 Å². The van der Waals surface area contributed by atoms with Crippen molar-refractivity contribution in [3.63, 3.8) is 0 Å². The minimum absolute atomic E-state index is 0.0466. The largest absolute Gasteiger partial charge is 0.426 e. The summed E-state index contributed by atoms with van der Waals surface area (Å²) in [6.07, 6.45) is 5.61. The van der Waals surface area contributed by atoms with Gasteiger partial charge < -0.3 is 30.3 Å². The fraction of sp³-hybridized carbons (Fsp3) is 0.478. The molecule has 2 fully saturated rings. The zero-order valence-electron chi connectivity index (χ0n) is 33.0. The summed E-state index contributed by atoms with van der Waals surface area (Å²) in [5.74, 6) is -0.440. The Kier molecular flexibility index (Phi) is 13.4. The van der Waals surface area contributed by atoms with Gasteiger partial charge in [-0.1, -0.05) is 114 Å². The van der Waals surface area contributed by atoms with Gasteiger partial charge in [-0.25, -0.2) is 0 Å². The van der Waals surface area contributed by atoms with Crippen LogP contribution in [-0.4, -0.2) is 59.3 Å². The Labute approximate surface area is 329 Å². The van der Waals surface area contributed by atoms with Crippen LogP contribution in [0.15, 0.2) is 72.8 Å². The van der Waals surface area contributed by atoms with Crippen LogP contribution in [0.1, 0.15) is 102 Å². The molecule has 2 heterocycles. The van der Waals surface area contributed by atoms with E-state index < -0.39 is 0 Å². The van der Waals surface area contributed by atoms with Gasteiger partial charge in [0.05, 0.1) is 25.3 Å². The van der Waals surface area contributed by atoms with Crippen molar-refractivity contribution in [1.82, 2.24) is 10.6 Å². The second-order valence-electron chi connectivity index (χ2n) is 16.2. The molecule has 2 amide bonds. The van der Waals surface area contributed by atoms with Crippen LogP contribution in [-0.2, 0) is 19.2 Å². The number of carbonyl (C=O) groups is 4. The molecule has 0 aliphatic carbocycles. The van der Waals surface area contributed by atoms with E-state index in [2.05, 4.69) is 10.6 Å². The first-order valence-electron chi connectivity index (χ1n) is 20.3. The van der Waals surface area contributed by atoms with Gasteiger partial charge in [0, 0.05) is 47.3 Å². The molecule has 2 aliphatic heterocycles. The first kappa shape index (κ1) is 40.9. The molecule has 0 saturated carbocycles. The Morgan fingerprint density at radius 1 is 0.554 bits per heavy atom. The van der Waals surface area contributed by atoms with Crippen LogP contribution >= 0.6 is 0 Å². The predicted molar refractivity (Wildman–Crippen MR) is 216 cm³/mol. The molecule has 6 rings (SSSR count). The van der Waals surface area contributed by atoms with E-state index in [0.29, 0.717) is 37.2 Å². The number of amides is 2. The molecule has 4 aromatic rings. The molecule has 0 aromatic heterocycles. The smallest absolute Gasteiger partial charge is 0.311 e. The van der Waals surface area contributed by atoms with Crippen molar-refractivity contribution < 1.29 is 38.9 Å². The number of hydrogen-bond acceptors (Lipinski definition) is 8. The van der Waals surface area contributed by atoms with Gasteiger partial charge in [-0.2, -0.15) is 0 Å². The van der Waals surface area contributed by atoms with Gasteiger partial charge in [-0.15, -0.1) is 0 Å². The van der Waals surface area contributed by atoms with Crippen LogP contribution in [0.2, 0.25) is 0 Å². The topological polar surface area (TPSA) is 151 Å². The molecule has 4 aromatic carbocycles. The maximum atomic E-state index is 12.9. The average Bonchev–Trinajstić information content (AvgIpc) is 3.71. The average molecular weight is 765 g/mol. The Morgan fingerprint density at radius 3 is 1.27 bits per heavy atom. The lowest BCUT2D eigenvalue weighted by Crippen LogP contribution is -2.31. The van der Waals surface area contributed by atoms with Gasteiger partial charge in [0.2, 0.25) is 11.8 Å². The predicted octanol–water partition coefficient (Wildman–Crippen LogP) is 7.32. The summed E-state index contributed by atoms with van der Waals surface area (Å²) in [6, 6.07) is 22.2. The third kappa shape index (κ3) is 8.76. The molecule has 0 bridgehead atoms. The first-order valence-corrected chi connectivity index (χ1v) is 20.3. The fourth-order valence-electron chi connectivity index (χ4n) is 9.08. The highest BCUT2D eigenvalue weighted by molar-refractivity contribution is 5.96. The molecule has 0 spiro atoms. The Bertz CT molecular complexity index is 1900. The van der Waals surface area contributed by atoms with E-state index in [1.807, 2.05) is 88.4 Å². The number of fused-ring (bicyclic) bond motifs is 2. The van der Waals surface area contributed by atoms with Crippen molar-refractivity contribution in [2.75, 3.05) is 13.2 Å². The van der Waals surface area contributed by atoms with Gasteiger partial charge in [0.25, 0.3) is 0 Å². The molecule has 6 atom stereocenters. The molecule has 56 heavy (non-hydrogen) atoms. The zero-order chi connectivity index (χ0) is 39.9. The number of rotatable bonds is 17. The van der Waals surface area contributed by atoms with Gasteiger partial charge in [0.15, 0.2) is 0 Å². The van der Waals surface area contributed by atoms with E-state index in [1.165, 1.54) is 0 Å². The summed E-state index contributed by atoms with van der Waals surface area (Å²) < 4.78 is 11.7. The van der Waals surface area contributed by atoms with Gasteiger partial charge >= 0.3 is 11.9 Å². The number of benzene rings is 4. The van der Waals surface area contributed by atoms with Crippen LogP contribution in [0.3, 0.4) is 0 Å². The Balaban J connectivity index is 0.951. The minimum Gasteiger partial charge on any atom is -0.426 e. The minimum atomic E-state index is -0.375. The SMILES string of the molecule is CC(C)[C@H]1C(=O)N[C@H](CO)C1c1ccc(OC(=O)CCCCCCCCC(=O)Oc2ccc([C@H]3[C@@H](C(C)C)C(=O)N[C@@H]3CO)c3ccccc23)c2ccccc12. The summed E-state index contributed by atoms with van der Waals surface area (Å²) in [6.45, 7) is 7.78. The standard InChI is InChI=1S/C46H56N2O8/c1-27(2)41-43(35(25-49)47-45(41)53)33-21-23-37(31-17-13-11-15-29(31)33)55-39(51)19-9-7-5-6-8-10-20-40(52)56-38-24-22-34(30-16-12-14-18-32(30)38)44-36(26-50)48-46(54)42(44)28(3)4/h11-18,21-24,27-28,35-36,41-44,49-50H,5-10,19-20,25-26H2,1-4H3,(H,47,53)(H,48,54)/t35-,36-,41-,42-,43-,44?/m1/s1. The summed E-state index contributed by atoms with van der Waals surface area (Å²) in [7, 11) is 0. The molecule has 10 heteroatoms. The molecular formula is C46H56N2O8. The molecule has 298 valence electrons. The third-order valence-corrected chi connectivity index (χ3v) is 11.7. The number of hydrogen-bond donors (Lipinski definition) is 4. The maximum Gasteiger partial charge on any atom is 0.311 e. The van der Waals surface area contributed by atoms with E-state index in [4.69, 9.17) is 9.47 Å². The number of aliphatic hydroxyl groups excluding tert-OH is 2. The molecule has 4 N–H and O–H groups in total. The number of aliphatic hydroxyl groups is 2. The summed E-state index contributed by atoms with van der Waals surface area (Å²) in [4.78, 5) is 51.4. The van der Waals surface area contributed by atoms with E-state index in [-0.39, 0.29) is 84.6 Å².